The number of aromatic carboxylic acids is 1. The van der Waals surface area contributed by atoms with Gasteiger partial charge in [0.05, 0.1) is 19.4 Å². The van der Waals surface area contributed by atoms with Crippen LogP contribution in [0.3, 0.4) is 0 Å². The normalized spacial score (nSPS) is 12.7. The number of hydrogen-bond acceptors (Lipinski definition) is 4. The highest BCUT2D eigenvalue weighted by atomic mass is 16.4. The summed E-state index contributed by atoms with van der Waals surface area (Å²) in [5, 5.41) is 20.7. The molecular formula is C10H15NO4. The molecule has 5 heteroatoms. The number of furan rings is 1. The Morgan fingerprint density at radius 1 is 1.67 bits per heavy atom. The highest BCUT2D eigenvalue weighted by Crippen LogP contribution is 2.10. The van der Waals surface area contributed by atoms with E-state index in [4.69, 9.17) is 14.6 Å². The summed E-state index contributed by atoms with van der Waals surface area (Å²) in [5.41, 5.74) is 0.162. The van der Waals surface area contributed by atoms with Crippen LogP contribution < -0.4 is 5.32 Å². The van der Waals surface area contributed by atoms with Gasteiger partial charge in [-0.1, -0.05) is 6.92 Å². The zero-order valence-electron chi connectivity index (χ0n) is 8.56. The predicted octanol–water partition coefficient (Wildman–Crippen LogP) is 0.838. The van der Waals surface area contributed by atoms with Gasteiger partial charge in [-0.25, -0.2) is 4.79 Å². The van der Waals surface area contributed by atoms with Gasteiger partial charge < -0.3 is 19.9 Å². The van der Waals surface area contributed by atoms with Crippen molar-refractivity contribution in [3.63, 3.8) is 0 Å². The van der Waals surface area contributed by atoms with Crippen LogP contribution in [0.25, 0.3) is 0 Å². The molecule has 0 saturated heterocycles. The van der Waals surface area contributed by atoms with Gasteiger partial charge >= 0.3 is 5.97 Å². The number of carboxylic acid groups (broad SMARTS) is 1. The Morgan fingerprint density at radius 3 is 2.93 bits per heavy atom. The van der Waals surface area contributed by atoms with Gasteiger partial charge in [-0.15, -0.1) is 0 Å². The second-order valence-corrected chi connectivity index (χ2v) is 3.23. The number of nitrogens with one attached hydrogen (secondary N) is 1. The van der Waals surface area contributed by atoms with Gasteiger partial charge in [-0.2, -0.15) is 0 Å². The van der Waals surface area contributed by atoms with Gasteiger partial charge in [-0.3, -0.25) is 0 Å². The van der Waals surface area contributed by atoms with Gasteiger partial charge in [0, 0.05) is 6.04 Å². The van der Waals surface area contributed by atoms with Crippen molar-refractivity contribution in [2.24, 2.45) is 0 Å². The largest absolute Gasteiger partial charge is 0.478 e. The lowest BCUT2D eigenvalue weighted by Crippen LogP contribution is -2.31. The monoisotopic (exact) mass is 213 g/mol. The van der Waals surface area contributed by atoms with Crippen molar-refractivity contribution < 1.29 is 19.4 Å². The van der Waals surface area contributed by atoms with Crippen molar-refractivity contribution in [2.75, 3.05) is 6.61 Å². The smallest absolute Gasteiger partial charge is 0.339 e. The first-order valence-electron chi connectivity index (χ1n) is 4.83. The molecule has 0 aliphatic rings. The quantitative estimate of drug-likeness (QED) is 0.652. The third kappa shape index (κ3) is 3.07. The SMILES string of the molecule is CCC(CO)NCc1occc1C(=O)O. The van der Waals surface area contributed by atoms with Crippen molar-refractivity contribution in [1.29, 1.82) is 0 Å². The molecule has 1 aromatic heterocycles. The van der Waals surface area contributed by atoms with Crippen molar-refractivity contribution in [1.82, 2.24) is 5.32 Å². The summed E-state index contributed by atoms with van der Waals surface area (Å²) in [5.74, 6) is -0.619. The van der Waals surface area contributed by atoms with E-state index < -0.39 is 5.97 Å². The highest BCUT2D eigenvalue weighted by Gasteiger charge is 2.14. The molecule has 0 saturated carbocycles. The Balaban J connectivity index is 2.57. The molecule has 0 fully saturated rings. The molecule has 0 bridgehead atoms. The van der Waals surface area contributed by atoms with E-state index in [0.717, 1.165) is 6.42 Å². The Labute approximate surface area is 87.7 Å². The Morgan fingerprint density at radius 2 is 2.40 bits per heavy atom. The molecule has 3 N–H and O–H groups in total. The molecule has 0 radical (unpaired) electrons. The first-order chi connectivity index (χ1) is 7.19. The first-order valence-corrected chi connectivity index (χ1v) is 4.83. The molecule has 1 atom stereocenters. The summed E-state index contributed by atoms with van der Waals surface area (Å²) in [7, 11) is 0. The zero-order valence-corrected chi connectivity index (χ0v) is 8.56. The fraction of sp³-hybridized carbons (Fsp3) is 0.500. The van der Waals surface area contributed by atoms with Gasteiger partial charge in [0.15, 0.2) is 0 Å². The predicted molar refractivity (Wildman–Crippen MR) is 53.7 cm³/mol. The molecule has 84 valence electrons. The second kappa shape index (κ2) is 5.53. The molecule has 0 aromatic carbocycles. The number of rotatable bonds is 6. The van der Waals surface area contributed by atoms with E-state index in [1.165, 1.54) is 12.3 Å². The fourth-order valence-corrected chi connectivity index (χ4v) is 1.24. The minimum Gasteiger partial charge on any atom is -0.478 e. The summed E-state index contributed by atoms with van der Waals surface area (Å²) in [6.07, 6.45) is 2.12. The van der Waals surface area contributed by atoms with Gasteiger partial charge in [0.25, 0.3) is 0 Å². The molecule has 0 aliphatic carbocycles. The van der Waals surface area contributed by atoms with Crippen LogP contribution in [-0.2, 0) is 6.54 Å². The van der Waals surface area contributed by atoms with E-state index in [-0.39, 0.29) is 18.2 Å². The average Bonchev–Trinajstić information content (AvgIpc) is 2.67. The van der Waals surface area contributed by atoms with Crippen molar-refractivity contribution in [3.8, 4) is 0 Å². The van der Waals surface area contributed by atoms with Crippen LogP contribution >= 0.6 is 0 Å². The van der Waals surface area contributed by atoms with Crippen LogP contribution in [0.2, 0.25) is 0 Å². The van der Waals surface area contributed by atoms with Crippen molar-refractivity contribution in [2.45, 2.75) is 25.9 Å². The average molecular weight is 213 g/mol. The van der Waals surface area contributed by atoms with Gasteiger partial charge in [0.1, 0.15) is 11.3 Å². The highest BCUT2D eigenvalue weighted by molar-refractivity contribution is 5.88. The lowest BCUT2D eigenvalue weighted by Gasteiger charge is -2.12. The number of aliphatic hydroxyl groups excluding tert-OH is 1. The molecule has 0 amide bonds. The summed E-state index contributed by atoms with van der Waals surface area (Å²) < 4.78 is 5.04. The Kier molecular flexibility index (Phi) is 4.33. The Hall–Kier alpha value is -1.33. The van der Waals surface area contributed by atoms with Crippen LogP contribution in [0.1, 0.15) is 29.5 Å². The number of carboxylic acids is 1. The summed E-state index contributed by atoms with van der Waals surface area (Å²) >= 11 is 0. The molecule has 15 heavy (non-hydrogen) atoms. The lowest BCUT2D eigenvalue weighted by atomic mass is 10.2. The van der Waals surface area contributed by atoms with Gasteiger partial charge in [0.2, 0.25) is 0 Å². The van der Waals surface area contributed by atoms with E-state index >= 15 is 0 Å². The lowest BCUT2D eigenvalue weighted by molar-refractivity contribution is 0.0694. The van der Waals surface area contributed by atoms with E-state index in [9.17, 15) is 4.79 Å². The topological polar surface area (TPSA) is 82.7 Å². The number of hydrogen-bond donors (Lipinski definition) is 3. The zero-order chi connectivity index (χ0) is 11.3. The molecule has 5 nitrogen and oxygen atoms in total. The minimum absolute atomic E-state index is 0.0274. The summed E-state index contributed by atoms with van der Waals surface area (Å²) in [4.78, 5) is 10.7. The molecule has 1 unspecified atom stereocenters. The van der Waals surface area contributed by atoms with Gasteiger partial charge in [-0.05, 0) is 12.5 Å². The summed E-state index contributed by atoms with van der Waals surface area (Å²) in [6.45, 7) is 2.28. The molecule has 1 rings (SSSR count). The fourth-order valence-electron chi connectivity index (χ4n) is 1.24. The van der Waals surface area contributed by atoms with E-state index in [2.05, 4.69) is 5.32 Å². The maximum absolute atomic E-state index is 10.7. The van der Waals surface area contributed by atoms with Crippen molar-refractivity contribution in [3.05, 3.63) is 23.7 Å². The third-order valence-corrected chi connectivity index (χ3v) is 2.24. The first kappa shape index (κ1) is 11.7. The second-order valence-electron chi connectivity index (χ2n) is 3.23. The van der Waals surface area contributed by atoms with E-state index in [1.807, 2.05) is 6.92 Å². The van der Waals surface area contributed by atoms with Crippen LogP contribution in [0, 0.1) is 0 Å². The van der Waals surface area contributed by atoms with Crippen molar-refractivity contribution >= 4 is 5.97 Å². The molecule has 0 spiro atoms. The Bertz CT molecular complexity index is 317. The van der Waals surface area contributed by atoms with Crippen LogP contribution in [0.5, 0.6) is 0 Å². The van der Waals surface area contributed by atoms with Crippen LogP contribution in [0.4, 0.5) is 0 Å². The molecule has 1 heterocycles. The number of aliphatic hydroxyl groups is 1. The molecule has 0 aliphatic heterocycles. The van der Waals surface area contributed by atoms with E-state index in [1.54, 1.807) is 0 Å². The van der Waals surface area contributed by atoms with Crippen LogP contribution in [0.15, 0.2) is 16.7 Å². The number of carbonyl (C=O) groups is 1. The minimum atomic E-state index is -1.00. The molecule has 1 aromatic rings. The van der Waals surface area contributed by atoms with Crippen LogP contribution in [-0.4, -0.2) is 28.8 Å². The molecular weight excluding hydrogens is 198 g/mol. The van der Waals surface area contributed by atoms with E-state index in [0.29, 0.717) is 12.3 Å². The third-order valence-electron chi connectivity index (χ3n) is 2.24. The maximum atomic E-state index is 10.7. The summed E-state index contributed by atoms with van der Waals surface area (Å²) in [6, 6.07) is 1.39. The standard InChI is InChI=1S/C10H15NO4/c1-2-7(6-12)11-5-9-8(10(13)14)3-4-15-9/h3-4,7,11-12H,2,5-6H2,1H3,(H,13,14). The maximum Gasteiger partial charge on any atom is 0.339 e.